The normalized spacial score (nSPS) is 12.1. The molecule has 4 N–H and O–H groups in total. The number of nitrogens with zero attached hydrogens (tertiary/aromatic N) is 2. The summed E-state index contributed by atoms with van der Waals surface area (Å²) in [5.41, 5.74) is 5.71. The van der Waals surface area contributed by atoms with Crippen LogP contribution in [0.1, 0.15) is 32.4 Å². The molecule has 1 heterocycles. The summed E-state index contributed by atoms with van der Waals surface area (Å²) in [5, 5.41) is 3.79. The highest BCUT2D eigenvalue weighted by molar-refractivity contribution is 6.35. The van der Waals surface area contributed by atoms with Gasteiger partial charge in [-0.05, 0) is 30.5 Å². The van der Waals surface area contributed by atoms with Crippen molar-refractivity contribution >= 4 is 40.6 Å². The van der Waals surface area contributed by atoms with Crippen molar-refractivity contribution in [3.8, 4) is 0 Å². The molecule has 0 aliphatic heterocycles. The zero-order chi connectivity index (χ0) is 24.0. The van der Waals surface area contributed by atoms with Gasteiger partial charge in [0.1, 0.15) is 11.5 Å². The molecule has 9 nitrogen and oxygen atoms in total. The second-order valence-corrected chi connectivity index (χ2v) is 8.71. The Morgan fingerprint density at radius 1 is 1.28 bits per heavy atom. The highest BCUT2D eigenvalue weighted by Crippen LogP contribution is 2.26. The molecule has 2 aromatic rings. The fraction of sp³-hybridized carbons (Fsp3) is 0.476. The molecule has 2 rings (SSSR count). The van der Waals surface area contributed by atoms with E-state index in [1.165, 1.54) is 16.6 Å². The summed E-state index contributed by atoms with van der Waals surface area (Å²) in [6, 6.07) is 4.63. The first-order valence-corrected chi connectivity index (χ1v) is 10.9. The van der Waals surface area contributed by atoms with Gasteiger partial charge in [-0.15, -0.1) is 0 Å². The monoisotopic (exact) mass is 485 g/mol. The maximum atomic E-state index is 12.8. The van der Waals surface area contributed by atoms with Gasteiger partial charge in [-0.2, -0.15) is 0 Å². The van der Waals surface area contributed by atoms with Crippen molar-refractivity contribution in [2.45, 2.75) is 33.4 Å². The molecular weight excluding hydrogens is 457 g/mol. The van der Waals surface area contributed by atoms with E-state index >= 15 is 0 Å². The van der Waals surface area contributed by atoms with E-state index in [0.717, 1.165) is 0 Å². The second-order valence-electron chi connectivity index (χ2n) is 7.87. The molecule has 0 radical (unpaired) electrons. The van der Waals surface area contributed by atoms with E-state index in [-0.39, 0.29) is 43.0 Å². The van der Waals surface area contributed by atoms with Crippen molar-refractivity contribution in [2.75, 3.05) is 37.4 Å². The number of aromatic amines is 1. The maximum Gasteiger partial charge on any atom is 0.330 e. The molecule has 1 aromatic heterocycles. The predicted octanol–water partition coefficient (Wildman–Crippen LogP) is 2.41. The van der Waals surface area contributed by atoms with Gasteiger partial charge in [-0.25, -0.2) is 4.79 Å². The lowest BCUT2D eigenvalue weighted by molar-refractivity contribution is -0.120. The van der Waals surface area contributed by atoms with Gasteiger partial charge in [-0.1, -0.05) is 43.1 Å². The number of halogens is 2. The van der Waals surface area contributed by atoms with Crippen LogP contribution in [-0.4, -0.2) is 42.3 Å². The van der Waals surface area contributed by atoms with Crippen LogP contribution in [0.25, 0.3) is 0 Å². The van der Waals surface area contributed by atoms with E-state index in [2.05, 4.69) is 10.3 Å². The Kier molecular flexibility index (Phi) is 9.18. The number of carbonyl (C=O) groups is 1. The van der Waals surface area contributed by atoms with Crippen LogP contribution >= 0.6 is 23.2 Å². The Hall–Kier alpha value is -2.49. The number of benzene rings is 1. The summed E-state index contributed by atoms with van der Waals surface area (Å²) in [6.45, 7) is 6.25. The zero-order valence-electron chi connectivity index (χ0n) is 18.6. The van der Waals surface area contributed by atoms with E-state index in [4.69, 9.17) is 33.7 Å². The van der Waals surface area contributed by atoms with Crippen LogP contribution < -0.4 is 27.2 Å². The highest BCUT2D eigenvalue weighted by atomic mass is 35.5. The van der Waals surface area contributed by atoms with E-state index in [9.17, 15) is 14.4 Å². The number of hydrogen-bond acceptors (Lipinski definition) is 6. The van der Waals surface area contributed by atoms with E-state index < -0.39 is 17.3 Å². The zero-order valence-corrected chi connectivity index (χ0v) is 20.1. The highest BCUT2D eigenvalue weighted by Gasteiger charge is 2.22. The second kappa shape index (κ2) is 11.4. The third-order valence-corrected chi connectivity index (χ3v) is 5.35. The fourth-order valence-electron chi connectivity index (χ4n) is 3.29. The average molecular weight is 486 g/mol. The van der Waals surface area contributed by atoms with Crippen LogP contribution in [0.4, 0.5) is 11.5 Å². The number of nitrogens with two attached hydrogens (primary N) is 1. The molecular formula is C21H29Cl2N5O4. The van der Waals surface area contributed by atoms with E-state index in [1.807, 2.05) is 13.8 Å². The number of nitrogen functional groups attached to an aromatic ring is 1. The topological polar surface area (TPSA) is 122 Å². The van der Waals surface area contributed by atoms with Crippen LogP contribution in [0, 0.1) is 5.92 Å². The summed E-state index contributed by atoms with van der Waals surface area (Å²) in [4.78, 5) is 41.5. The maximum absolute atomic E-state index is 12.8. The number of aromatic nitrogens is 2. The number of rotatable bonds is 10. The first kappa shape index (κ1) is 25.8. The minimum Gasteiger partial charge on any atom is -0.383 e. The summed E-state index contributed by atoms with van der Waals surface area (Å²) in [5.74, 6) is -0.236. The van der Waals surface area contributed by atoms with Gasteiger partial charge in [0, 0.05) is 30.2 Å². The van der Waals surface area contributed by atoms with Crippen LogP contribution in [0.15, 0.2) is 27.8 Å². The lowest BCUT2D eigenvalue weighted by Gasteiger charge is -2.26. The molecule has 0 fully saturated rings. The summed E-state index contributed by atoms with van der Waals surface area (Å²) in [6.07, 6.45) is 0. The number of methoxy groups -OCH3 is 1. The van der Waals surface area contributed by atoms with Crippen molar-refractivity contribution in [2.24, 2.45) is 5.92 Å². The standard InChI is InChI=1S/C21H29Cl2N5O4/c1-12(2)10-28-19(24)18(20(30)26-21(28)31)27(7-8-32-4)11-17(29)25-13(3)15-6-5-14(22)9-16(15)23/h5-6,9,12-13H,7-8,10-11,24H2,1-4H3,(H,25,29)(H,26,30,31). The number of nitrogens with one attached hydrogen (secondary N) is 2. The largest absolute Gasteiger partial charge is 0.383 e. The van der Waals surface area contributed by atoms with E-state index in [1.54, 1.807) is 25.1 Å². The molecule has 0 aliphatic carbocycles. The van der Waals surface area contributed by atoms with Gasteiger partial charge >= 0.3 is 5.69 Å². The summed E-state index contributed by atoms with van der Waals surface area (Å²) in [7, 11) is 1.51. The number of hydrogen-bond donors (Lipinski definition) is 3. The number of H-pyrrole nitrogens is 1. The van der Waals surface area contributed by atoms with E-state index in [0.29, 0.717) is 22.2 Å². The van der Waals surface area contributed by atoms with Crippen molar-refractivity contribution in [1.29, 1.82) is 0 Å². The van der Waals surface area contributed by atoms with Gasteiger partial charge in [0.05, 0.1) is 19.2 Å². The van der Waals surface area contributed by atoms with Gasteiger partial charge in [0.2, 0.25) is 5.91 Å². The van der Waals surface area contributed by atoms with Crippen LogP contribution in [0.5, 0.6) is 0 Å². The third-order valence-electron chi connectivity index (χ3n) is 4.78. The molecule has 0 spiro atoms. The number of amides is 1. The number of ether oxygens (including phenoxy) is 1. The molecule has 0 bridgehead atoms. The molecule has 0 saturated carbocycles. The SMILES string of the molecule is COCCN(CC(=O)NC(C)c1ccc(Cl)cc1Cl)c1c(N)n(CC(C)C)c(=O)[nH]c1=O. The average Bonchev–Trinajstić information content (AvgIpc) is 2.68. The molecule has 32 heavy (non-hydrogen) atoms. The lowest BCUT2D eigenvalue weighted by Crippen LogP contribution is -2.44. The molecule has 0 aliphatic rings. The van der Waals surface area contributed by atoms with Gasteiger partial charge in [0.15, 0.2) is 0 Å². The van der Waals surface area contributed by atoms with Crippen molar-refractivity contribution in [3.05, 3.63) is 54.6 Å². The fourth-order valence-corrected chi connectivity index (χ4v) is 3.86. The molecule has 176 valence electrons. The number of carbonyl (C=O) groups excluding carboxylic acids is 1. The molecule has 1 amide bonds. The smallest absolute Gasteiger partial charge is 0.330 e. The lowest BCUT2D eigenvalue weighted by atomic mass is 10.1. The Labute approximate surface area is 196 Å². The van der Waals surface area contributed by atoms with Crippen molar-refractivity contribution in [1.82, 2.24) is 14.9 Å². The minimum atomic E-state index is -0.662. The van der Waals surface area contributed by atoms with Crippen molar-refractivity contribution < 1.29 is 9.53 Å². The summed E-state index contributed by atoms with van der Waals surface area (Å²) < 4.78 is 6.43. The summed E-state index contributed by atoms with van der Waals surface area (Å²) >= 11 is 12.2. The molecule has 1 aromatic carbocycles. The molecule has 1 unspecified atom stereocenters. The van der Waals surface area contributed by atoms with Crippen molar-refractivity contribution in [3.63, 3.8) is 0 Å². The predicted molar refractivity (Wildman–Crippen MR) is 128 cm³/mol. The third kappa shape index (κ3) is 6.51. The molecule has 1 atom stereocenters. The molecule has 11 heteroatoms. The quantitative estimate of drug-likeness (QED) is 0.474. The van der Waals surface area contributed by atoms with Gasteiger partial charge < -0.3 is 20.7 Å². The van der Waals surface area contributed by atoms with Crippen LogP contribution in [-0.2, 0) is 16.1 Å². The first-order valence-electron chi connectivity index (χ1n) is 10.2. The van der Waals surface area contributed by atoms with Gasteiger partial charge in [-0.3, -0.25) is 19.1 Å². The first-order chi connectivity index (χ1) is 15.0. The number of anilines is 2. The minimum absolute atomic E-state index is 0.00477. The Balaban J connectivity index is 2.31. The van der Waals surface area contributed by atoms with Gasteiger partial charge in [0.25, 0.3) is 5.56 Å². The Morgan fingerprint density at radius 3 is 2.56 bits per heavy atom. The Morgan fingerprint density at radius 2 is 1.97 bits per heavy atom. The van der Waals surface area contributed by atoms with Crippen LogP contribution in [0.2, 0.25) is 10.0 Å². The molecule has 0 saturated heterocycles. The van der Waals surface area contributed by atoms with Crippen LogP contribution in [0.3, 0.4) is 0 Å². The Bertz CT molecular complexity index is 1070.